The van der Waals surface area contributed by atoms with Gasteiger partial charge in [0.2, 0.25) is 5.95 Å². The topological polar surface area (TPSA) is 125 Å². The van der Waals surface area contributed by atoms with Gasteiger partial charge in [-0.15, -0.1) is 0 Å². The third kappa shape index (κ3) is 4.75. The third-order valence-corrected chi connectivity index (χ3v) is 6.90. The van der Waals surface area contributed by atoms with Crippen LogP contribution < -0.4 is 21.5 Å². The summed E-state index contributed by atoms with van der Waals surface area (Å²) in [5, 5.41) is 2.91. The van der Waals surface area contributed by atoms with Crippen LogP contribution in [0.3, 0.4) is 0 Å². The van der Waals surface area contributed by atoms with Gasteiger partial charge >= 0.3 is 11.8 Å². The molecule has 1 amide bonds. The maximum atomic E-state index is 12.8. The number of H-pyrrole nitrogens is 2. The number of nitrogens with one attached hydrogen (secondary N) is 3. The van der Waals surface area contributed by atoms with Crippen molar-refractivity contribution in [3.8, 4) is 0 Å². The van der Waals surface area contributed by atoms with Crippen molar-refractivity contribution in [2.45, 2.75) is 58.7 Å². The highest BCUT2D eigenvalue weighted by molar-refractivity contribution is 9.10. The van der Waals surface area contributed by atoms with Crippen molar-refractivity contribution < 1.29 is 9.53 Å². The molecule has 2 atom stereocenters. The summed E-state index contributed by atoms with van der Waals surface area (Å²) < 4.78 is 8.17. The largest absolute Gasteiger partial charge is 0.444 e. The van der Waals surface area contributed by atoms with E-state index in [2.05, 4.69) is 36.2 Å². The first-order chi connectivity index (χ1) is 15.9. The van der Waals surface area contributed by atoms with E-state index >= 15 is 0 Å². The van der Waals surface area contributed by atoms with Crippen molar-refractivity contribution in [3.05, 3.63) is 54.6 Å². The molecule has 1 fully saturated rings. The molecule has 2 unspecified atom stereocenters. The number of rotatable bonds is 4. The van der Waals surface area contributed by atoms with Crippen LogP contribution in [-0.2, 0) is 4.74 Å². The molecule has 11 heteroatoms. The van der Waals surface area contributed by atoms with E-state index in [1.165, 1.54) is 0 Å². The van der Waals surface area contributed by atoms with E-state index in [-0.39, 0.29) is 17.7 Å². The molecule has 34 heavy (non-hydrogen) atoms. The summed E-state index contributed by atoms with van der Waals surface area (Å²) in [7, 11) is 0. The van der Waals surface area contributed by atoms with E-state index in [9.17, 15) is 14.4 Å². The van der Waals surface area contributed by atoms with Gasteiger partial charge in [0.05, 0.1) is 12.1 Å². The first kappa shape index (κ1) is 24.1. The van der Waals surface area contributed by atoms with Gasteiger partial charge in [0.15, 0.2) is 11.2 Å². The van der Waals surface area contributed by atoms with Gasteiger partial charge in [-0.2, -0.15) is 4.98 Å². The average molecular weight is 533 g/mol. The van der Waals surface area contributed by atoms with Crippen LogP contribution in [0.25, 0.3) is 11.2 Å². The second-order valence-corrected chi connectivity index (χ2v) is 10.4. The zero-order valence-corrected chi connectivity index (χ0v) is 21.4. The van der Waals surface area contributed by atoms with E-state index in [1.807, 2.05) is 62.3 Å². The highest BCUT2D eigenvalue weighted by Gasteiger charge is 2.31. The maximum absolute atomic E-state index is 12.8. The van der Waals surface area contributed by atoms with Gasteiger partial charge in [0.25, 0.3) is 5.56 Å². The molecule has 3 heterocycles. The lowest BCUT2D eigenvalue weighted by Gasteiger charge is -2.25. The minimum Gasteiger partial charge on any atom is -0.444 e. The van der Waals surface area contributed by atoms with Crippen LogP contribution >= 0.6 is 15.9 Å². The van der Waals surface area contributed by atoms with Crippen LogP contribution in [0.2, 0.25) is 0 Å². The van der Waals surface area contributed by atoms with Gasteiger partial charge in [-0.05, 0) is 52.2 Å². The first-order valence-corrected chi connectivity index (χ1v) is 12.0. The van der Waals surface area contributed by atoms with E-state index in [4.69, 9.17) is 4.74 Å². The number of anilines is 1. The number of alkyl carbamates (subject to hydrolysis) is 1. The number of hydrogen-bond donors (Lipinski definition) is 3. The molecular formula is C23H29BrN6O4. The molecule has 0 aliphatic carbocycles. The Kier molecular flexibility index (Phi) is 6.32. The predicted octanol–water partition coefficient (Wildman–Crippen LogP) is 3.20. The summed E-state index contributed by atoms with van der Waals surface area (Å²) in [4.78, 5) is 48.6. The number of aromatic amines is 2. The van der Waals surface area contributed by atoms with Gasteiger partial charge < -0.3 is 15.0 Å². The van der Waals surface area contributed by atoms with E-state index in [0.717, 1.165) is 15.6 Å². The number of ether oxygens (including phenoxy) is 1. The van der Waals surface area contributed by atoms with Crippen LogP contribution in [0, 0.1) is 6.92 Å². The zero-order valence-electron chi connectivity index (χ0n) is 19.9. The van der Waals surface area contributed by atoms with E-state index in [0.29, 0.717) is 31.0 Å². The molecule has 1 aromatic carbocycles. The fourth-order valence-electron chi connectivity index (χ4n) is 4.28. The number of aromatic nitrogens is 4. The van der Waals surface area contributed by atoms with Crippen LogP contribution in [-0.4, -0.2) is 50.3 Å². The van der Waals surface area contributed by atoms with Crippen LogP contribution in [0.5, 0.6) is 0 Å². The maximum Gasteiger partial charge on any atom is 0.407 e. The van der Waals surface area contributed by atoms with Crippen LogP contribution in [0.15, 0.2) is 32.3 Å². The number of carbonyl (C=O) groups excluding carboxylic acids is 1. The second-order valence-electron chi connectivity index (χ2n) is 9.62. The van der Waals surface area contributed by atoms with E-state index < -0.39 is 22.9 Å². The summed E-state index contributed by atoms with van der Waals surface area (Å²) >= 11 is 3.68. The molecule has 182 valence electrons. The number of aryl methyl sites for hydroxylation is 1. The van der Waals surface area contributed by atoms with Gasteiger partial charge in [-0.3, -0.25) is 19.3 Å². The Morgan fingerprint density at radius 2 is 2.03 bits per heavy atom. The quantitative estimate of drug-likeness (QED) is 0.473. The van der Waals surface area contributed by atoms with Gasteiger partial charge in [0.1, 0.15) is 5.60 Å². The van der Waals surface area contributed by atoms with Gasteiger partial charge in [0, 0.05) is 17.6 Å². The van der Waals surface area contributed by atoms with Crippen LogP contribution in [0.1, 0.15) is 51.3 Å². The molecular weight excluding hydrogens is 504 g/mol. The predicted molar refractivity (Wildman–Crippen MR) is 134 cm³/mol. The lowest BCUT2D eigenvalue weighted by molar-refractivity contribution is 0.0509. The summed E-state index contributed by atoms with van der Waals surface area (Å²) in [6.07, 6.45) is 0.225. The molecule has 0 spiro atoms. The number of benzene rings is 1. The third-order valence-electron chi connectivity index (χ3n) is 5.82. The standard InChI is InChI=1S/C23H29BrN6O4/c1-12-7-6-8-15(16(12)24)13(2)30-17-18(26-20(32)28-19(17)31)27-21(30)29-10-9-14(11-29)25-22(33)34-23(3,4)5/h6-8,13-14H,9-11H2,1-5H3,(H,25,33)(H2,26,28,31,32). The Morgan fingerprint density at radius 1 is 1.29 bits per heavy atom. The molecule has 1 aliphatic heterocycles. The highest BCUT2D eigenvalue weighted by Crippen LogP contribution is 2.34. The zero-order chi connectivity index (χ0) is 24.8. The number of carbonyl (C=O) groups is 1. The van der Waals surface area contributed by atoms with E-state index in [1.54, 1.807) is 0 Å². The summed E-state index contributed by atoms with van der Waals surface area (Å²) in [6.45, 7) is 10.6. The van der Waals surface area contributed by atoms with Crippen molar-refractivity contribution in [3.63, 3.8) is 0 Å². The number of fused-ring (bicyclic) bond motifs is 1. The molecule has 0 saturated carbocycles. The lowest BCUT2D eigenvalue weighted by Crippen LogP contribution is -2.40. The Hall–Kier alpha value is -3.08. The Morgan fingerprint density at radius 3 is 2.74 bits per heavy atom. The van der Waals surface area contributed by atoms with Crippen LogP contribution in [0.4, 0.5) is 10.7 Å². The molecule has 2 aromatic heterocycles. The van der Waals surface area contributed by atoms with Gasteiger partial charge in [-0.1, -0.05) is 34.1 Å². The average Bonchev–Trinajstić information content (AvgIpc) is 3.32. The number of nitrogens with zero attached hydrogens (tertiary/aromatic N) is 3. The normalized spacial score (nSPS) is 17.2. The molecule has 1 saturated heterocycles. The van der Waals surface area contributed by atoms with Crippen molar-refractivity contribution in [1.29, 1.82) is 0 Å². The van der Waals surface area contributed by atoms with Gasteiger partial charge in [-0.25, -0.2) is 9.59 Å². The minimum atomic E-state index is -0.607. The molecule has 10 nitrogen and oxygen atoms in total. The number of amides is 1. The first-order valence-electron chi connectivity index (χ1n) is 11.2. The Bertz CT molecular complexity index is 1350. The fraction of sp³-hybridized carbons (Fsp3) is 0.478. The lowest BCUT2D eigenvalue weighted by atomic mass is 10.1. The van der Waals surface area contributed by atoms with Crippen molar-refractivity contribution in [2.24, 2.45) is 0 Å². The Labute approximate surface area is 204 Å². The summed E-state index contributed by atoms with van der Waals surface area (Å²) in [5.41, 5.74) is 0.871. The molecule has 0 radical (unpaired) electrons. The second kappa shape index (κ2) is 8.94. The van der Waals surface area contributed by atoms with Crippen molar-refractivity contribution in [1.82, 2.24) is 24.8 Å². The Balaban J connectivity index is 1.73. The smallest absolute Gasteiger partial charge is 0.407 e. The molecule has 0 bridgehead atoms. The monoisotopic (exact) mass is 532 g/mol. The molecule has 1 aliphatic rings. The summed E-state index contributed by atoms with van der Waals surface area (Å²) in [5.74, 6) is 0.553. The molecule has 4 rings (SSSR count). The number of hydrogen-bond acceptors (Lipinski definition) is 6. The minimum absolute atomic E-state index is 0.138. The van der Waals surface area contributed by atoms with Crippen molar-refractivity contribution >= 4 is 39.1 Å². The SMILES string of the molecule is Cc1cccc(C(C)n2c(N3CCC(NC(=O)OC(C)(C)C)C3)nc3[nH]c(=O)[nH]c(=O)c32)c1Br. The number of imidazole rings is 1. The molecule has 3 N–H and O–H groups in total. The summed E-state index contributed by atoms with van der Waals surface area (Å²) in [6, 6.07) is 5.56. The number of halogens is 1. The van der Waals surface area contributed by atoms with Crippen molar-refractivity contribution in [2.75, 3.05) is 18.0 Å². The highest BCUT2D eigenvalue weighted by atomic mass is 79.9. The fourth-order valence-corrected chi connectivity index (χ4v) is 4.88. The molecule has 3 aromatic rings.